The summed E-state index contributed by atoms with van der Waals surface area (Å²) >= 11 is 7.66. The molecule has 0 heterocycles. The molecule has 1 aliphatic carbocycles. The van der Waals surface area contributed by atoms with E-state index in [1.165, 1.54) is 5.56 Å². The summed E-state index contributed by atoms with van der Waals surface area (Å²) in [5.74, 6) is 0.818. The van der Waals surface area contributed by atoms with E-state index >= 15 is 0 Å². The number of benzene rings is 2. The zero-order chi connectivity index (χ0) is 22.9. The molecule has 1 atom stereocenters. The SMILES string of the molecule is Cc1ccc(CN(C(=O)CCCSc2ccc(Cl)cc2)[C@@H](C)C(=O)NC2CCCC2)cc1. The first-order chi connectivity index (χ1) is 15.4. The molecule has 2 amide bonds. The third kappa shape index (κ3) is 7.56. The molecule has 0 spiro atoms. The first kappa shape index (κ1) is 24.7. The molecule has 1 aliphatic rings. The van der Waals surface area contributed by atoms with E-state index in [0.29, 0.717) is 13.0 Å². The molecule has 0 unspecified atom stereocenters. The summed E-state index contributed by atoms with van der Waals surface area (Å²) in [6, 6.07) is 15.7. The summed E-state index contributed by atoms with van der Waals surface area (Å²) in [5, 5.41) is 3.88. The van der Waals surface area contributed by atoms with E-state index in [1.807, 2.05) is 62.4 Å². The second-order valence-electron chi connectivity index (χ2n) is 8.58. The van der Waals surface area contributed by atoms with Crippen molar-refractivity contribution in [3.8, 4) is 0 Å². The second kappa shape index (κ2) is 12.3. The number of nitrogens with one attached hydrogen (secondary N) is 1. The molecule has 0 saturated heterocycles. The van der Waals surface area contributed by atoms with Gasteiger partial charge in [-0.15, -0.1) is 11.8 Å². The van der Waals surface area contributed by atoms with Gasteiger partial charge in [0, 0.05) is 28.9 Å². The molecule has 6 heteroatoms. The van der Waals surface area contributed by atoms with Crippen molar-refractivity contribution in [2.75, 3.05) is 5.75 Å². The lowest BCUT2D eigenvalue weighted by Gasteiger charge is -2.30. The van der Waals surface area contributed by atoms with Crippen LogP contribution in [0, 0.1) is 6.92 Å². The number of hydrogen-bond donors (Lipinski definition) is 1. The fraction of sp³-hybridized carbons (Fsp3) is 0.462. The van der Waals surface area contributed by atoms with Crippen LogP contribution in [0.15, 0.2) is 53.4 Å². The minimum atomic E-state index is -0.492. The third-order valence-electron chi connectivity index (χ3n) is 5.96. The van der Waals surface area contributed by atoms with Gasteiger partial charge in [-0.2, -0.15) is 0 Å². The Morgan fingerprint density at radius 3 is 2.41 bits per heavy atom. The molecule has 0 aliphatic heterocycles. The van der Waals surface area contributed by atoms with Crippen LogP contribution in [0.25, 0.3) is 0 Å². The molecule has 4 nitrogen and oxygen atoms in total. The smallest absolute Gasteiger partial charge is 0.242 e. The number of halogens is 1. The highest BCUT2D eigenvalue weighted by Crippen LogP contribution is 2.22. The van der Waals surface area contributed by atoms with Crippen LogP contribution >= 0.6 is 23.4 Å². The Balaban J connectivity index is 1.59. The van der Waals surface area contributed by atoms with Gasteiger partial charge in [-0.25, -0.2) is 0 Å². The van der Waals surface area contributed by atoms with E-state index < -0.39 is 6.04 Å². The fourth-order valence-corrected chi connectivity index (χ4v) is 4.93. The van der Waals surface area contributed by atoms with Crippen molar-refractivity contribution in [1.82, 2.24) is 10.2 Å². The summed E-state index contributed by atoms with van der Waals surface area (Å²) in [6.07, 6.45) is 5.58. The quantitative estimate of drug-likeness (QED) is 0.341. The number of rotatable bonds is 10. The van der Waals surface area contributed by atoms with Gasteiger partial charge in [0.2, 0.25) is 11.8 Å². The van der Waals surface area contributed by atoms with Gasteiger partial charge in [0.25, 0.3) is 0 Å². The molecule has 2 aromatic carbocycles. The monoisotopic (exact) mass is 472 g/mol. The van der Waals surface area contributed by atoms with Gasteiger partial charge >= 0.3 is 0 Å². The lowest BCUT2D eigenvalue weighted by molar-refractivity contribution is -0.140. The highest BCUT2D eigenvalue weighted by molar-refractivity contribution is 7.99. The summed E-state index contributed by atoms with van der Waals surface area (Å²) in [4.78, 5) is 29.0. The van der Waals surface area contributed by atoms with Crippen LogP contribution in [0.3, 0.4) is 0 Å². The Hall–Kier alpha value is -1.98. The maximum atomic E-state index is 13.2. The zero-order valence-corrected chi connectivity index (χ0v) is 20.6. The minimum Gasteiger partial charge on any atom is -0.352 e. The van der Waals surface area contributed by atoms with Crippen molar-refractivity contribution in [2.24, 2.45) is 0 Å². The van der Waals surface area contributed by atoms with Crippen molar-refractivity contribution < 1.29 is 9.59 Å². The van der Waals surface area contributed by atoms with Gasteiger partial charge < -0.3 is 10.2 Å². The molecule has 2 aromatic rings. The van der Waals surface area contributed by atoms with Gasteiger partial charge in [-0.05, 0) is 68.7 Å². The Bertz CT molecular complexity index is 880. The topological polar surface area (TPSA) is 49.4 Å². The van der Waals surface area contributed by atoms with Crippen LogP contribution in [0.5, 0.6) is 0 Å². The van der Waals surface area contributed by atoms with Crippen LogP contribution in [0.1, 0.15) is 56.6 Å². The van der Waals surface area contributed by atoms with Crippen molar-refractivity contribution in [2.45, 2.75) is 75.9 Å². The van der Waals surface area contributed by atoms with Crippen molar-refractivity contribution >= 4 is 35.2 Å². The maximum Gasteiger partial charge on any atom is 0.242 e. The van der Waals surface area contributed by atoms with E-state index in [-0.39, 0.29) is 17.9 Å². The number of amides is 2. The summed E-state index contributed by atoms with van der Waals surface area (Å²) in [5.41, 5.74) is 2.22. The Morgan fingerprint density at radius 1 is 1.09 bits per heavy atom. The van der Waals surface area contributed by atoms with Crippen molar-refractivity contribution in [1.29, 1.82) is 0 Å². The summed E-state index contributed by atoms with van der Waals surface area (Å²) < 4.78 is 0. The van der Waals surface area contributed by atoms with Crippen LogP contribution in [0.4, 0.5) is 0 Å². The van der Waals surface area contributed by atoms with Gasteiger partial charge in [0.15, 0.2) is 0 Å². The molecule has 0 aromatic heterocycles. The minimum absolute atomic E-state index is 0.0244. The average molecular weight is 473 g/mol. The zero-order valence-electron chi connectivity index (χ0n) is 19.0. The standard InChI is InChI=1S/C26H33ClN2O2S/c1-19-9-11-21(12-10-19)18-29(20(2)26(31)28-23-6-3-4-7-23)25(30)8-5-17-32-24-15-13-22(27)14-16-24/h9-16,20,23H,3-8,17-18H2,1-2H3,(H,28,31)/t20-/m0/s1. The lowest BCUT2D eigenvalue weighted by atomic mass is 10.1. The van der Waals surface area contributed by atoms with Crippen molar-refractivity contribution in [3.05, 3.63) is 64.7 Å². The highest BCUT2D eigenvalue weighted by Gasteiger charge is 2.28. The molecule has 3 rings (SSSR count). The number of aryl methyl sites for hydroxylation is 1. The molecular weight excluding hydrogens is 440 g/mol. The second-order valence-corrected chi connectivity index (χ2v) is 10.2. The molecule has 0 radical (unpaired) electrons. The number of nitrogens with zero attached hydrogens (tertiary/aromatic N) is 1. The molecule has 1 N–H and O–H groups in total. The molecular formula is C26H33ClN2O2S. The van der Waals surface area contributed by atoms with Crippen LogP contribution < -0.4 is 5.32 Å². The van der Waals surface area contributed by atoms with Gasteiger partial charge in [0.1, 0.15) is 6.04 Å². The Labute approximate surface area is 201 Å². The summed E-state index contributed by atoms with van der Waals surface area (Å²) in [6.45, 7) is 4.34. The highest BCUT2D eigenvalue weighted by atomic mass is 35.5. The Morgan fingerprint density at radius 2 is 1.75 bits per heavy atom. The van der Waals surface area contributed by atoms with E-state index in [0.717, 1.165) is 53.3 Å². The predicted octanol–water partition coefficient (Wildman–Crippen LogP) is 6.00. The molecule has 32 heavy (non-hydrogen) atoms. The molecule has 1 saturated carbocycles. The first-order valence-corrected chi connectivity index (χ1v) is 12.8. The van der Waals surface area contributed by atoms with E-state index in [1.54, 1.807) is 16.7 Å². The largest absolute Gasteiger partial charge is 0.352 e. The van der Waals surface area contributed by atoms with E-state index in [9.17, 15) is 9.59 Å². The van der Waals surface area contributed by atoms with Gasteiger partial charge in [-0.1, -0.05) is 54.3 Å². The van der Waals surface area contributed by atoms with E-state index in [2.05, 4.69) is 5.32 Å². The van der Waals surface area contributed by atoms with E-state index in [4.69, 9.17) is 11.6 Å². The van der Waals surface area contributed by atoms with Gasteiger partial charge in [0.05, 0.1) is 0 Å². The lowest BCUT2D eigenvalue weighted by Crippen LogP contribution is -2.49. The van der Waals surface area contributed by atoms with Crippen LogP contribution in [-0.4, -0.2) is 34.6 Å². The number of carbonyl (C=O) groups excluding carboxylic acids is 2. The fourth-order valence-electron chi connectivity index (χ4n) is 3.95. The number of hydrogen-bond acceptors (Lipinski definition) is 3. The van der Waals surface area contributed by atoms with Gasteiger partial charge in [-0.3, -0.25) is 9.59 Å². The molecule has 0 bridgehead atoms. The molecule has 1 fully saturated rings. The maximum absolute atomic E-state index is 13.2. The van der Waals surface area contributed by atoms with Crippen LogP contribution in [0.2, 0.25) is 5.02 Å². The normalized spacial score (nSPS) is 14.8. The van der Waals surface area contributed by atoms with Crippen molar-refractivity contribution in [3.63, 3.8) is 0 Å². The Kier molecular flexibility index (Phi) is 9.49. The first-order valence-electron chi connectivity index (χ1n) is 11.5. The average Bonchev–Trinajstić information content (AvgIpc) is 3.30. The van der Waals surface area contributed by atoms with Crippen LogP contribution in [-0.2, 0) is 16.1 Å². The summed E-state index contributed by atoms with van der Waals surface area (Å²) in [7, 11) is 0. The third-order valence-corrected chi connectivity index (χ3v) is 7.31. The number of carbonyl (C=O) groups is 2. The number of thioether (sulfide) groups is 1. The molecule has 172 valence electrons. The predicted molar refractivity (Wildman–Crippen MR) is 133 cm³/mol.